The van der Waals surface area contributed by atoms with Crippen molar-refractivity contribution in [3.63, 3.8) is 0 Å². The molecule has 3 heteroatoms. The SMILES string of the molecule is C=C/C=C(\C)CC(/C(C)=C/C=C(\C=C)OC(C)=O)C(C)C(C)Cc1ccccc1F. The summed E-state index contributed by atoms with van der Waals surface area (Å²) in [5.74, 6) is 0.739. The molecule has 2 nitrogen and oxygen atoms in total. The first-order valence-electron chi connectivity index (χ1n) is 10.4. The standard InChI is InChI=1S/C27H35FO2/c1-8-12-19(3)17-26(20(4)15-16-25(9-2)30-23(7)29)22(6)21(5)18-24-13-10-11-14-27(24)28/h8-16,21-22,26H,1-2,17-18H2,3-7H3/b19-12+,20-15+,25-16+. The summed E-state index contributed by atoms with van der Waals surface area (Å²) in [5, 5.41) is 0. The van der Waals surface area contributed by atoms with Gasteiger partial charge in [0.2, 0.25) is 0 Å². The quantitative estimate of drug-likeness (QED) is 0.216. The van der Waals surface area contributed by atoms with Crippen LogP contribution in [0.3, 0.4) is 0 Å². The van der Waals surface area contributed by atoms with E-state index >= 15 is 0 Å². The van der Waals surface area contributed by atoms with Crippen molar-refractivity contribution >= 4 is 5.97 Å². The monoisotopic (exact) mass is 410 g/mol. The van der Waals surface area contributed by atoms with Gasteiger partial charge in [0.1, 0.15) is 11.6 Å². The third-order valence-electron chi connectivity index (χ3n) is 5.53. The van der Waals surface area contributed by atoms with E-state index in [2.05, 4.69) is 40.9 Å². The summed E-state index contributed by atoms with van der Waals surface area (Å²) in [7, 11) is 0. The van der Waals surface area contributed by atoms with Crippen molar-refractivity contribution in [2.24, 2.45) is 17.8 Å². The fourth-order valence-corrected chi connectivity index (χ4v) is 3.62. The van der Waals surface area contributed by atoms with Crippen LogP contribution in [0.4, 0.5) is 4.39 Å². The van der Waals surface area contributed by atoms with Gasteiger partial charge < -0.3 is 4.74 Å². The number of benzene rings is 1. The molecule has 1 aromatic carbocycles. The van der Waals surface area contributed by atoms with Crippen LogP contribution in [-0.2, 0) is 16.0 Å². The molecule has 0 saturated carbocycles. The third kappa shape index (κ3) is 8.36. The van der Waals surface area contributed by atoms with E-state index in [1.54, 1.807) is 18.2 Å². The number of hydrogen-bond acceptors (Lipinski definition) is 2. The molecule has 0 aliphatic heterocycles. The predicted molar refractivity (Wildman–Crippen MR) is 124 cm³/mol. The van der Waals surface area contributed by atoms with Crippen LogP contribution >= 0.6 is 0 Å². The van der Waals surface area contributed by atoms with Crippen LogP contribution in [0.5, 0.6) is 0 Å². The zero-order valence-electron chi connectivity index (χ0n) is 19.0. The number of esters is 1. The van der Waals surface area contributed by atoms with Gasteiger partial charge in [-0.1, -0.05) is 74.6 Å². The summed E-state index contributed by atoms with van der Waals surface area (Å²) in [6.45, 7) is 17.4. The summed E-state index contributed by atoms with van der Waals surface area (Å²) < 4.78 is 19.3. The molecule has 0 saturated heterocycles. The number of rotatable bonds is 11. The molecule has 0 bridgehead atoms. The van der Waals surface area contributed by atoms with Gasteiger partial charge >= 0.3 is 5.97 Å². The van der Waals surface area contributed by atoms with E-state index in [4.69, 9.17) is 4.74 Å². The minimum atomic E-state index is -0.375. The Morgan fingerprint density at radius 3 is 2.33 bits per heavy atom. The van der Waals surface area contributed by atoms with Gasteiger partial charge in [-0.25, -0.2) is 4.39 Å². The lowest BCUT2D eigenvalue weighted by Gasteiger charge is -2.30. The second kappa shape index (κ2) is 12.8. The van der Waals surface area contributed by atoms with Crippen LogP contribution < -0.4 is 0 Å². The van der Waals surface area contributed by atoms with Crippen molar-refractivity contribution in [1.82, 2.24) is 0 Å². The molecule has 0 aliphatic rings. The number of allylic oxidation sites excluding steroid dienone is 7. The van der Waals surface area contributed by atoms with Gasteiger partial charge in [0.25, 0.3) is 0 Å². The third-order valence-corrected chi connectivity index (χ3v) is 5.53. The smallest absolute Gasteiger partial charge is 0.308 e. The molecule has 162 valence electrons. The second-order valence-electron chi connectivity index (χ2n) is 7.97. The van der Waals surface area contributed by atoms with Gasteiger partial charge in [0.05, 0.1) is 0 Å². The van der Waals surface area contributed by atoms with Crippen LogP contribution in [0, 0.1) is 23.6 Å². The number of carbonyl (C=O) groups is 1. The highest BCUT2D eigenvalue weighted by molar-refractivity contribution is 5.67. The van der Waals surface area contributed by atoms with Gasteiger partial charge in [-0.15, -0.1) is 0 Å². The maximum absolute atomic E-state index is 14.1. The first kappa shape index (κ1) is 25.4. The van der Waals surface area contributed by atoms with E-state index in [1.807, 2.05) is 24.3 Å². The molecule has 0 spiro atoms. The van der Waals surface area contributed by atoms with Crippen molar-refractivity contribution in [2.45, 2.75) is 47.5 Å². The van der Waals surface area contributed by atoms with E-state index in [0.717, 1.165) is 12.0 Å². The summed E-state index contributed by atoms with van der Waals surface area (Å²) in [6, 6.07) is 6.98. The summed E-state index contributed by atoms with van der Waals surface area (Å²) in [5.41, 5.74) is 3.16. The predicted octanol–water partition coefficient (Wildman–Crippen LogP) is 7.36. The molecule has 0 N–H and O–H groups in total. The Morgan fingerprint density at radius 2 is 1.77 bits per heavy atom. The molecule has 0 radical (unpaired) electrons. The Hall–Kier alpha value is -2.68. The van der Waals surface area contributed by atoms with E-state index in [-0.39, 0.29) is 23.6 Å². The molecule has 3 unspecified atom stereocenters. The van der Waals surface area contributed by atoms with Crippen molar-refractivity contribution in [3.8, 4) is 0 Å². The van der Waals surface area contributed by atoms with Crippen LogP contribution in [0.15, 0.2) is 84.7 Å². The van der Waals surface area contributed by atoms with Crippen LogP contribution in [-0.4, -0.2) is 5.97 Å². The minimum absolute atomic E-state index is 0.150. The Morgan fingerprint density at radius 1 is 1.10 bits per heavy atom. The largest absolute Gasteiger partial charge is 0.427 e. The van der Waals surface area contributed by atoms with E-state index in [9.17, 15) is 9.18 Å². The molecule has 1 rings (SSSR count). The van der Waals surface area contributed by atoms with Crippen LogP contribution in [0.2, 0.25) is 0 Å². The lowest BCUT2D eigenvalue weighted by atomic mass is 9.74. The van der Waals surface area contributed by atoms with Crippen LogP contribution in [0.25, 0.3) is 0 Å². The van der Waals surface area contributed by atoms with E-state index in [0.29, 0.717) is 18.1 Å². The lowest BCUT2D eigenvalue weighted by molar-refractivity contribution is -0.136. The van der Waals surface area contributed by atoms with Crippen molar-refractivity contribution in [2.75, 3.05) is 0 Å². The molecule has 0 heterocycles. The molecular formula is C27H35FO2. The number of hydrogen-bond donors (Lipinski definition) is 0. The Bertz CT molecular complexity index is 829. The first-order valence-corrected chi connectivity index (χ1v) is 10.4. The normalized spacial score (nSPS) is 15.9. The van der Waals surface area contributed by atoms with Gasteiger partial charge in [0, 0.05) is 6.92 Å². The minimum Gasteiger partial charge on any atom is -0.427 e. The van der Waals surface area contributed by atoms with Gasteiger partial charge in [-0.3, -0.25) is 4.79 Å². The molecule has 0 fully saturated rings. The van der Waals surface area contributed by atoms with Crippen molar-refractivity contribution < 1.29 is 13.9 Å². The highest BCUT2D eigenvalue weighted by atomic mass is 19.1. The maximum atomic E-state index is 14.1. The van der Waals surface area contributed by atoms with Gasteiger partial charge in [-0.05, 0) is 68.2 Å². The Labute approximate surface area is 181 Å². The zero-order valence-corrected chi connectivity index (χ0v) is 19.0. The number of carbonyl (C=O) groups excluding carboxylic acids is 1. The Balaban J connectivity index is 3.15. The molecule has 0 aliphatic carbocycles. The maximum Gasteiger partial charge on any atom is 0.308 e. The number of ether oxygens (including phenoxy) is 1. The fraction of sp³-hybridized carbons (Fsp3) is 0.370. The van der Waals surface area contributed by atoms with E-state index < -0.39 is 0 Å². The average Bonchev–Trinajstić information content (AvgIpc) is 2.70. The molecule has 30 heavy (non-hydrogen) atoms. The summed E-state index contributed by atoms with van der Waals surface area (Å²) >= 11 is 0. The molecule has 0 aromatic heterocycles. The molecule has 3 atom stereocenters. The number of halogens is 1. The van der Waals surface area contributed by atoms with E-state index in [1.165, 1.54) is 30.2 Å². The molecule has 1 aromatic rings. The second-order valence-corrected chi connectivity index (χ2v) is 7.97. The molecular weight excluding hydrogens is 375 g/mol. The summed E-state index contributed by atoms with van der Waals surface area (Å²) in [6.07, 6.45) is 10.7. The highest BCUT2D eigenvalue weighted by Gasteiger charge is 2.25. The topological polar surface area (TPSA) is 26.3 Å². The van der Waals surface area contributed by atoms with Gasteiger partial charge in [0.15, 0.2) is 0 Å². The Kier molecular flexibility index (Phi) is 10.8. The van der Waals surface area contributed by atoms with Crippen molar-refractivity contribution in [1.29, 1.82) is 0 Å². The molecule has 0 amide bonds. The van der Waals surface area contributed by atoms with Crippen molar-refractivity contribution in [3.05, 3.63) is 96.1 Å². The summed E-state index contributed by atoms with van der Waals surface area (Å²) in [4.78, 5) is 11.2. The first-order chi connectivity index (χ1) is 14.2. The van der Waals surface area contributed by atoms with Gasteiger partial charge in [-0.2, -0.15) is 0 Å². The fourth-order valence-electron chi connectivity index (χ4n) is 3.62. The lowest BCUT2D eigenvalue weighted by Crippen LogP contribution is -2.22. The zero-order chi connectivity index (χ0) is 22.7. The average molecular weight is 411 g/mol. The van der Waals surface area contributed by atoms with Crippen LogP contribution in [0.1, 0.15) is 46.6 Å². The highest BCUT2D eigenvalue weighted by Crippen LogP contribution is 2.34.